The summed E-state index contributed by atoms with van der Waals surface area (Å²) in [7, 11) is 0. The van der Waals surface area contributed by atoms with Gasteiger partial charge in [-0.2, -0.15) is 0 Å². The van der Waals surface area contributed by atoms with Crippen LogP contribution in [-0.2, 0) is 22.6 Å². The van der Waals surface area contributed by atoms with Gasteiger partial charge in [-0.3, -0.25) is 9.59 Å². The first-order valence-electron chi connectivity index (χ1n) is 13.3. The molecule has 3 aliphatic rings. The molecule has 4 amide bonds. The van der Waals surface area contributed by atoms with E-state index < -0.39 is 0 Å². The van der Waals surface area contributed by atoms with E-state index >= 15 is 0 Å². The first-order chi connectivity index (χ1) is 17.5. The summed E-state index contributed by atoms with van der Waals surface area (Å²) < 4.78 is 13.4. The Bertz CT molecular complexity index is 1100. The topological polar surface area (TPSA) is 69.7 Å². The fourth-order valence-electron chi connectivity index (χ4n) is 5.99. The summed E-state index contributed by atoms with van der Waals surface area (Å²) in [6.45, 7) is 0.337. The normalized spacial score (nSPS) is 22.9. The average Bonchev–Trinajstić information content (AvgIpc) is 2.89. The number of imide groups is 1. The van der Waals surface area contributed by atoms with Gasteiger partial charge in [0.05, 0.1) is 18.0 Å². The van der Waals surface area contributed by atoms with Crippen molar-refractivity contribution < 1.29 is 18.8 Å². The van der Waals surface area contributed by atoms with E-state index in [0.29, 0.717) is 12.2 Å². The predicted octanol–water partition coefficient (Wildman–Crippen LogP) is 5.34. The first kappa shape index (κ1) is 24.5. The van der Waals surface area contributed by atoms with E-state index in [4.69, 9.17) is 0 Å². The van der Waals surface area contributed by atoms with Crippen LogP contribution in [-0.4, -0.2) is 34.8 Å². The van der Waals surface area contributed by atoms with Crippen molar-refractivity contribution in [2.75, 3.05) is 4.90 Å². The van der Waals surface area contributed by atoms with Gasteiger partial charge >= 0.3 is 6.03 Å². The van der Waals surface area contributed by atoms with Crippen molar-refractivity contribution >= 4 is 23.5 Å². The van der Waals surface area contributed by atoms with E-state index in [9.17, 15) is 18.8 Å². The molecule has 2 aromatic rings. The summed E-state index contributed by atoms with van der Waals surface area (Å²) in [5, 5.41) is 3.14. The molecule has 0 bridgehead atoms. The lowest BCUT2D eigenvalue weighted by molar-refractivity contribution is -0.127. The fourth-order valence-corrected chi connectivity index (χ4v) is 5.99. The fraction of sp³-hybridized carbons (Fsp3) is 0.483. The van der Waals surface area contributed by atoms with Crippen molar-refractivity contribution in [3.63, 3.8) is 0 Å². The maximum absolute atomic E-state index is 13.6. The van der Waals surface area contributed by atoms with Crippen molar-refractivity contribution in [3.8, 4) is 0 Å². The second-order valence-electron chi connectivity index (χ2n) is 10.4. The number of nitrogens with one attached hydrogen (secondary N) is 1. The smallest absolute Gasteiger partial charge is 0.331 e. The van der Waals surface area contributed by atoms with Gasteiger partial charge in [-0.25, -0.2) is 14.1 Å². The number of nitrogens with zero attached hydrogens (tertiary/aromatic N) is 2. The SMILES string of the molecule is O=C(Cc1ccc(N2C(=O)C3CCCCC3N(Cc3ccc(F)cc3)C2=O)cc1)NC1CCCCC1. The van der Waals surface area contributed by atoms with Gasteiger partial charge in [0.15, 0.2) is 0 Å². The molecular weight excluding hydrogens is 457 g/mol. The van der Waals surface area contributed by atoms with Crippen LogP contribution in [0.4, 0.5) is 14.9 Å². The van der Waals surface area contributed by atoms with Gasteiger partial charge in [0.25, 0.3) is 0 Å². The molecule has 1 aliphatic heterocycles. The lowest BCUT2D eigenvalue weighted by Crippen LogP contribution is -2.62. The van der Waals surface area contributed by atoms with Gasteiger partial charge in [-0.05, 0) is 61.1 Å². The van der Waals surface area contributed by atoms with Crippen LogP contribution in [0.15, 0.2) is 48.5 Å². The zero-order chi connectivity index (χ0) is 25.1. The Morgan fingerprint density at radius 3 is 2.19 bits per heavy atom. The van der Waals surface area contributed by atoms with Gasteiger partial charge in [0, 0.05) is 18.6 Å². The van der Waals surface area contributed by atoms with Gasteiger partial charge < -0.3 is 10.2 Å². The number of anilines is 1. The van der Waals surface area contributed by atoms with E-state index in [-0.39, 0.29) is 48.1 Å². The van der Waals surface area contributed by atoms with Gasteiger partial charge in [-0.1, -0.05) is 56.4 Å². The summed E-state index contributed by atoms with van der Waals surface area (Å²) >= 11 is 0. The van der Waals surface area contributed by atoms with Crippen LogP contribution in [0.25, 0.3) is 0 Å². The highest BCUT2D eigenvalue weighted by molar-refractivity contribution is 6.17. The zero-order valence-corrected chi connectivity index (χ0v) is 20.6. The van der Waals surface area contributed by atoms with Gasteiger partial charge in [-0.15, -0.1) is 0 Å². The number of urea groups is 1. The molecule has 1 N–H and O–H groups in total. The monoisotopic (exact) mass is 491 g/mol. The largest absolute Gasteiger partial charge is 0.353 e. The van der Waals surface area contributed by atoms with Crippen LogP contribution in [0, 0.1) is 11.7 Å². The molecule has 36 heavy (non-hydrogen) atoms. The lowest BCUT2D eigenvalue weighted by Gasteiger charge is -2.46. The highest BCUT2D eigenvalue weighted by Gasteiger charge is 2.47. The Labute approximate surface area is 211 Å². The lowest BCUT2D eigenvalue weighted by atomic mass is 9.81. The molecular formula is C29H34FN3O3. The minimum Gasteiger partial charge on any atom is -0.353 e. The Balaban J connectivity index is 1.31. The van der Waals surface area contributed by atoms with Crippen LogP contribution in [0.3, 0.4) is 0 Å². The summed E-state index contributed by atoms with van der Waals surface area (Å²) in [5.74, 6) is -0.695. The number of carbonyl (C=O) groups is 3. The van der Waals surface area contributed by atoms with Crippen molar-refractivity contribution in [2.24, 2.45) is 5.92 Å². The summed E-state index contributed by atoms with van der Waals surface area (Å²) in [6.07, 6.45) is 9.44. The zero-order valence-electron chi connectivity index (χ0n) is 20.6. The number of amides is 4. The predicted molar refractivity (Wildman–Crippen MR) is 136 cm³/mol. The Kier molecular flexibility index (Phi) is 7.35. The molecule has 1 saturated heterocycles. The third-order valence-corrected chi connectivity index (χ3v) is 7.90. The van der Waals surface area contributed by atoms with Crippen LogP contribution < -0.4 is 10.2 Å². The van der Waals surface area contributed by atoms with E-state index in [1.807, 2.05) is 12.1 Å². The molecule has 5 rings (SSSR count). The summed E-state index contributed by atoms with van der Waals surface area (Å²) in [4.78, 5) is 42.7. The number of fused-ring (bicyclic) bond motifs is 1. The minimum absolute atomic E-state index is 0.00953. The molecule has 190 valence electrons. The second-order valence-corrected chi connectivity index (χ2v) is 10.4. The van der Waals surface area contributed by atoms with Crippen molar-refractivity contribution in [3.05, 3.63) is 65.5 Å². The van der Waals surface area contributed by atoms with E-state index in [1.54, 1.807) is 29.2 Å². The minimum atomic E-state index is -0.338. The number of hydrogen-bond acceptors (Lipinski definition) is 3. The van der Waals surface area contributed by atoms with Crippen LogP contribution >= 0.6 is 0 Å². The molecule has 3 fully saturated rings. The molecule has 2 aromatic carbocycles. The Morgan fingerprint density at radius 2 is 1.47 bits per heavy atom. The van der Waals surface area contributed by atoms with Crippen molar-refractivity contribution in [2.45, 2.75) is 82.8 Å². The Hall–Kier alpha value is -3.22. The first-order valence-corrected chi connectivity index (χ1v) is 13.3. The molecule has 0 spiro atoms. The second kappa shape index (κ2) is 10.8. The van der Waals surface area contributed by atoms with E-state index in [2.05, 4.69) is 5.32 Å². The number of rotatable bonds is 6. The molecule has 0 aromatic heterocycles. The highest BCUT2D eigenvalue weighted by Crippen LogP contribution is 2.37. The van der Waals surface area contributed by atoms with E-state index in [1.165, 1.54) is 23.5 Å². The molecule has 2 saturated carbocycles. The maximum Gasteiger partial charge on any atom is 0.331 e. The molecule has 2 unspecified atom stereocenters. The molecule has 1 heterocycles. The van der Waals surface area contributed by atoms with Crippen molar-refractivity contribution in [1.82, 2.24) is 10.2 Å². The van der Waals surface area contributed by atoms with E-state index in [0.717, 1.165) is 62.5 Å². The quantitative estimate of drug-likeness (QED) is 0.593. The number of halogens is 1. The highest BCUT2D eigenvalue weighted by atomic mass is 19.1. The standard InChI is InChI=1S/C29H34FN3O3/c30-22-14-10-21(11-15-22)19-32-26-9-5-4-8-25(26)28(35)33(29(32)36)24-16-12-20(13-17-24)18-27(34)31-23-6-2-1-3-7-23/h10-17,23,25-26H,1-9,18-19H2,(H,31,34). The van der Waals surface area contributed by atoms with Gasteiger partial charge in [0.1, 0.15) is 5.82 Å². The molecule has 2 aliphatic carbocycles. The third-order valence-electron chi connectivity index (χ3n) is 7.90. The van der Waals surface area contributed by atoms with Crippen molar-refractivity contribution in [1.29, 1.82) is 0 Å². The van der Waals surface area contributed by atoms with Crippen LogP contribution in [0.1, 0.15) is 68.9 Å². The summed E-state index contributed by atoms with van der Waals surface area (Å²) in [6, 6.07) is 13.1. The third kappa shape index (κ3) is 5.30. The molecule has 2 atom stereocenters. The molecule has 7 heteroatoms. The molecule has 6 nitrogen and oxygen atoms in total. The number of benzene rings is 2. The molecule has 0 radical (unpaired) electrons. The number of hydrogen-bond donors (Lipinski definition) is 1. The van der Waals surface area contributed by atoms with Crippen LogP contribution in [0.5, 0.6) is 0 Å². The number of carbonyl (C=O) groups excluding carboxylic acids is 3. The van der Waals surface area contributed by atoms with Gasteiger partial charge in [0.2, 0.25) is 11.8 Å². The maximum atomic E-state index is 13.6. The van der Waals surface area contributed by atoms with Crippen LogP contribution in [0.2, 0.25) is 0 Å². The Morgan fingerprint density at radius 1 is 0.833 bits per heavy atom. The summed E-state index contributed by atoms with van der Waals surface area (Å²) in [5.41, 5.74) is 2.21. The average molecular weight is 492 g/mol.